The summed E-state index contributed by atoms with van der Waals surface area (Å²) in [6, 6.07) is 14.2. The minimum absolute atomic E-state index is 0.794. The monoisotopic (exact) mass is 374 g/mol. The summed E-state index contributed by atoms with van der Waals surface area (Å²) in [7, 11) is 0. The Balaban J connectivity index is 1.66. The molecule has 0 unspecified atom stereocenters. The lowest BCUT2D eigenvalue weighted by atomic mass is 10.2. The first-order valence-electron chi connectivity index (χ1n) is 9.66. The van der Waals surface area contributed by atoms with Crippen molar-refractivity contribution in [1.29, 1.82) is 0 Å². The van der Waals surface area contributed by atoms with E-state index in [4.69, 9.17) is 16.3 Å². The van der Waals surface area contributed by atoms with Crippen LogP contribution in [0.1, 0.15) is 44.6 Å². The maximum Gasteiger partial charge on any atom is 0.121 e. The highest BCUT2D eigenvalue weighted by Crippen LogP contribution is 2.20. The molecule has 0 aliphatic carbocycles. The second-order valence-electron chi connectivity index (χ2n) is 6.61. The molecule has 0 aliphatic rings. The van der Waals surface area contributed by atoms with Crippen molar-refractivity contribution in [2.75, 3.05) is 30.3 Å². The normalized spacial score (nSPS) is 10.6. The van der Waals surface area contributed by atoms with Crippen molar-refractivity contribution in [3.63, 3.8) is 0 Å². The maximum atomic E-state index is 6.15. The van der Waals surface area contributed by atoms with Crippen LogP contribution in [0.15, 0.2) is 42.5 Å². The lowest BCUT2D eigenvalue weighted by Gasteiger charge is -2.11. The summed E-state index contributed by atoms with van der Waals surface area (Å²) in [5.74, 6) is 0.934. The highest BCUT2D eigenvalue weighted by Gasteiger charge is 1.99. The average molecular weight is 375 g/mol. The third-order valence-electron chi connectivity index (χ3n) is 4.31. The van der Waals surface area contributed by atoms with Gasteiger partial charge in [-0.05, 0) is 43.2 Å². The van der Waals surface area contributed by atoms with Gasteiger partial charge in [0.25, 0.3) is 0 Å². The van der Waals surface area contributed by atoms with E-state index in [1.165, 1.54) is 25.7 Å². The Morgan fingerprint density at radius 3 is 2.35 bits per heavy atom. The highest BCUT2D eigenvalue weighted by atomic mass is 35.5. The number of nitrogens with one attached hydrogen (secondary N) is 2. The summed E-state index contributed by atoms with van der Waals surface area (Å²) >= 11 is 6.15. The maximum absolute atomic E-state index is 6.15. The smallest absolute Gasteiger partial charge is 0.121 e. The van der Waals surface area contributed by atoms with Crippen molar-refractivity contribution in [2.45, 2.75) is 46.0 Å². The first-order chi connectivity index (χ1) is 12.7. The number of aryl methyl sites for hydroxylation is 1. The van der Waals surface area contributed by atoms with Gasteiger partial charge < -0.3 is 15.4 Å². The molecule has 0 spiro atoms. The molecule has 0 aliphatic heterocycles. The van der Waals surface area contributed by atoms with E-state index in [-0.39, 0.29) is 0 Å². The number of benzene rings is 2. The van der Waals surface area contributed by atoms with Gasteiger partial charge in [0.1, 0.15) is 5.75 Å². The largest absolute Gasteiger partial charge is 0.494 e. The van der Waals surface area contributed by atoms with Crippen molar-refractivity contribution in [1.82, 2.24) is 0 Å². The molecular weight excluding hydrogens is 344 g/mol. The summed E-state index contributed by atoms with van der Waals surface area (Å²) in [5, 5.41) is 7.60. The zero-order valence-electron chi connectivity index (χ0n) is 16.0. The van der Waals surface area contributed by atoms with Crippen LogP contribution < -0.4 is 15.4 Å². The summed E-state index contributed by atoms with van der Waals surface area (Å²) in [6.07, 6.45) is 6.28. The van der Waals surface area contributed by atoms with Crippen LogP contribution in [-0.4, -0.2) is 19.7 Å². The number of hydrogen-bond acceptors (Lipinski definition) is 3. The Morgan fingerprint density at radius 1 is 0.885 bits per heavy atom. The molecule has 0 aromatic heterocycles. The molecule has 0 saturated carbocycles. The number of ether oxygens (including phenoxy) is 1. The van der Waals surface area contributed by atoms with Crippen LogP contribution in [0.5, 0.6) is 5.75 Å². The van der Waals surface area contributed by atoms with Crippen molar-refractivity contribution in [3.05, 3.63) is 53.1 Å². The van der Waals surface area contributed by atoms with Crippen molar-refractivity contribution >= 4 is 23.0 Å². The topological polar surface area (TPSA) is 33.3 Å². The first-order valence-corrected chi connectivity index (χ1v) is 10.0. The second-order valence-corrected chi connectivity index (χ2v) is 7.02. The van der Waals surface area contributed by atoms with Crippen molar-refractivity contribution in [3.8, 4) is 5.75 Å². The minimum atomic E-state index is 0.794. The Labute approximate surface area is 163 Å². The molecule has 0 bridgehead atoms. The quantitative estimate of drug-likeness (QED) is 0.415. The van der Waals surface area contributed by atoms with Gasteiger partial charge in [0, 0.05) is 35.6 Å². The zero-order chi connectivity index (χ0) is 18.6. The van der Waals surface area contributed by atoms with Gasteiger partial charge in [-0.2, -0.15) is 0 Å². The Morgan fingerprint density at radius 2 is 1.62 bits per heavy atom. The zero-order valence-corrected chi connectivity index (χ0v) is 16.7. The Hall–Kier alpha value is -1.87. The van der Waals surface area contributed by atoms with Gasteiger partial charge in [-0.25, -0.2) is 0 Å². The van der Waals surface area contributed by atoms with Gasteiger partial charge in [-0.1, -0.05) is 56.3 Å². The third-order valence-corrected chi connectivity index (χ3v) is 4.71. The van der Waals surface area contributed by atoms with Gasteiger partial charge in [-0.3, -0.25) is 0 Å². The standard InChI is InChI=1S/C22H31ClN2O/c1-3-4-5-6-7-15-26-21-10-8-9-19(16-21)24-13-14-25-20-12-11-18(2)22(23)17-20/h8-12,16-17,24-25H,3-7,13-15H2,1-2H3. The van der Waals surface area contributed by atoms with Crippen LogP contribution in [0.25, 0.3) is 0 Å². The van der Waals surface area contributed by atoms with Crippen molar-refractivity contribution < 1.29 is 4.74 Å². The third kappa shape index (κ3) is 7.57. The second kappa shape index (κ2) is 11.7. The molecule has 0 saturated heterocycles. The van der Waals surface area contributed by atoms with E-state index in [0.29, 0.717) is 0 Å². The molecule has 3 nitrogen and oxygen atoms in total. The molecule has 2 rings (SSSR count). The number of unbranched alkanes of at least 4 members (excludes halogenated alkanes) is 4. The summed E-state index contributed by atoms with van der Waals surface area (Å²) in [4.78, 5) is 0. The fourth-order valence-corrected chi connectivity index (χ4v) is 2.89. The van der Waals surface area contributed by atoms with Crippen LogP contribution in [0, 0.1) is 6.92 Å². The molecule has 0 radical (unpaired) electrons. The molecule has 0 amide bonds. The molecule has 2 N–H and O–H groups in total. The van der Waals surface area contributed by atoms with Gasteiger partial charge in [0.15, 0.2) is 0 Å². The Bertz CT molecular complexity index is 660. The highest BCUT2D eigenvalue weighted by molar-refractivity contribution is 6.31. The van der Waals surface area contributed by atoms with Crippen LogP contribution in [-0.2, 0) is 0 Å². The number of halogens is 1. The molecule has 0 heterocycles. The van der Waals surface area contributed by atoms with Crippen LogP contribution in [0.4, 0.5) is 11.4 Å². The van der Waals surface area contributed by atoms with Gasteiger partial charge in [0.2, 0.25) is 0 Å². The van der Waals surface area contributed by atoms with Gasteiger partial charge in [-0.15, -0.1) is 0 Å². The SMILES string of the molecule is CCCCCCCOc1cccc(NCCNc2ccc(C)c(Cl)c2)c1. The fourth-order valence-electron chi connectivity index (χ4n) is 2.71. The summed E-state index contributed by atoms with van der Waals surface area (Å²) < 4.78 is 5.86. The fraction of sp³-hybridized carbons (Fsp3) is 0.455. The van der Waals surface area contributed by atoms with Crippen molar-refractivity contribution in [2.24, 2.45) is 0 Å². The molecule has 0 fully saturated rings. The van der Waals surface area contributed by atoms with E-state index in [2.05, 4.69) is 35.8 Å². The molecule has 0 atom stereocenters. The Kier molecular flexibility index (Phi) is 9.19. The predicted octanol–water partition coefficient (Wildman–Crippen LogP) is 6.52. The average Bonchev–Trinajstić information content (AvgIpc) is 2.65. The molecule has 2 aromatic rings. The molecule has 26 heavy (non-hydrogen) atoms. The van der Waals surface area contributed by atoms with E-state index in [1.807, 2.05) is 31.2 Å². The number of hydrogen-bond donors (Lipinski definition) is 2. The molecule has 4 heteroatoms. The van der Waals surface area contributed by atoms with E-state index in [0.717, 1.165) is 53.8 Å². The lowest BCUT2D eigenvalue weighted by Crippen LogP contribution is -2.13. The van der Waals surface area contributed by atoms with Crippen LogP contribution in [0.3, 0.4) is 0 Å². The number of anilines is 2. The van der Waals surface area contributed by atoms with Crippen LogP contribution >= 0.6 is 11.6 Å². The van der Waals surface area contributed by atoms with Gasteiger partial charge >= 0.3 is 0 Å². The first kappa shape index (κ1) is 20.4. The molecule has 142 valence electrons. The van der Waals surface area contributed by atoms with Gasteiger partial charge in [0.05, 0.1) is 6.61 Å². The molecular formula is C22H31ClN2O. The van der Waals surface area contributed by atoms with Crippen LogP contribution in [0.2, 0.25) is 5.02 Å². The lowest BCUT2D eigenvalue weighted by molar-refractivity contribution is 0.304. The minimum Gasteiger partial charge on any atom is -0.494 e. The number of rotatable bonds is 12. The van der Waals surface area contributed by atoms with E-state index < -0.39 is 0 Å². The molecule has 2 aromatic carbocycles. The van der Waals surface area contributed by atoms with E-state index in [9.17, 15) is 0 Å². The summed E-state index contributed by atoms with van der Waals surface area (Å²) in [5.41, 5.74) is 3.22. The van der Waals surface area contributed by atoms with E-state index >= 15 is 0 Å². The predicted molar refractivity (Wildman–Crippen MR) is 114 cm³/mol. The van der Waals surface area contributed by atoms with E-state index in [1.54, 1.807) is 0 Å². The summed E-state index contributed by atoms with van der Waals surface area (Å²) in [6.45, 7) is 6.69.